The summed E-state index contributed by atoms with van der Waals surface area (Å²) in [6, 6.07) is 60.6. The molecule has 11 rings (SSSR count). The summed E-state index contributed by atoms with van der Waals surface area (Å²) in [4.78, 5) is 2.47. The van der Waals surface area contributed by atoms with Gasteiger partial charge in [-0.2, -0.15) is 0 Å². The number of hydrogen-bond donors (Lipinski definition) is 0. The van der Waals surface area contributed by atoms with Gasteiger partial charge in [0.2, 0.25) is 0 Å². The fourth-order valence-corrected chi connectivity index (χ4v) is 9.72. The van der Waals surface area contributed by atoms with Gasteiger partial charge < -0.3 is 9.47 Å². The highest BCUT2D eigenvalue weighted by atomic mass is 15.1. The molecule has 3 aliphatic carbocycles. The maximum absolute atomic E-state index is 2.47. The zero-order valence-corrected chi connectivity index (χ0v) is 32.2. The molecule has 1 aromatic heterocycles. The Morgan fingerprint density at radius 1 is 0.579 bits per heavy atom. The molecule has 3 aliphatic rings. The molecule has 0 fully saturated rings. The number of fused-ring (bicyclic) bond motifs is 7. The summed E-state index contributed by atoms with van der Waals surface area (Å²) in [5.41, 5.74) is 18.6. The third-order valence-corrected chi connectivity index (χ3v) is 12.5. The maximum Gasteiger partial charge on any atom is 0.0561 e. The van der Waals surface area contributed by atoms with Crippen LogP contribution in [0, 0.1) is 5.92 Å². The summed E-state index contributed by atoms with van der Waals surface area (Å²) in [5.74, 6) is 0.475. The van der Waals surface area contributed by atoms with Gasteiger partial charge in [0.25, 0.3) is 0 Å². The van der Waals surface area contributed by atoms with Crippen molar-refractivity contribution in [1.29, 1.82) is 0 Å². The van der Waals surface area contributed by atoms with Crippen molar-refractivity contribution in [1.82, 2.24) is 4.57 Å². The number of para-hydroxylation sites is 3. The largest absolute Gasteiger partial charge is 0.310 e. The molecular formula is C55H42N2. The molecule has 8 aromatic rings. The maximum atomic E-state index is 2.47. The average Bonchev–Trinajstić information content (AvgIpc) is 3.72. The van der Waals surface area contributed by atoms with Crippen molar-refractivity contribution in [2.24, 2.45) is 5.92 Å². The minimum Gasteiger partial charge on any atom is -0.310 e. The molecule has 0 saturated carbocycles. The predicted octanol–water partition coefficient (Wildman–Crippen LogP) is 14.7. The van der Waals surface area contributed by atoms with E-state index in [-0.39, 0.29) is 5.41 Å². The van der Waals surface area contributed by atoms with Crippen molar-refractivity contribution in [3.63, 3.8) is 0 Å². The van der Waals surface area contributed by atoms with E-state index in [1.165, 1.54) is 71.9 Å². The Labute approximate surface area is 334 Å². The molecule has 0 aliphatic heterocycles. The van der Waals surface area contributed by atoms with Crippen LogP contribution in [-0.2, 0) is 5.41 Å². The zero-order chi connectivity index (χ0) is 38.1. The van der Waals surface area contributed by atoms with Crippen molar-refractivity contribution < 1.29 is 0 Å². The molecule has 2 nitrogen and oxygen atoms in total. The van der Waals surface area contributed by atoms with Crippen LogP contribution in [0.3, 0.4) is 0 Å². The Morgan fingerprint density at radius 2 is 1.28 bits per heavy atom. The van der Waals surface area contributed by atoms with Crippen molar-refractivity contribution >= 4 is 44.4 Å². The topological polar surface area (TPSA) is 8.17 Å². The van der Waals surface area contributed by atoms with Crippen LogP contribution in [0.15, 0.2) is 206 Å². The van der Waals surface area contributed by atoms with E-state index in [4.69, 9.17) is 0 Å². The minimum atomic E-state index is -0.0882. The third kappa shape index (κ3) is 5.32. The van der Waals surface area contributed by atoms with Crippen molar-refractivity contribution in [2.75, 3.05) is 4.90 Å². The summed E-state index contributed by atoms with van der Waals surface area (Å²) >= 11 is 0. The Morgan fingerprint density at radius 3 is 2.16 bits per heavy atom. The van der Waals surface area contributed by atoms with Crippen LogP contribution in [0.4, 0.5) is 17.1 Å². The summed E-state index contributed by atoms with van der Waals surface area (Å²) in [6.45, 7) is 4.72. The van der Waals surface area contributed by atoms with Crippen LogP contribution < -0.4 is 4.90 Å². The molecule has 0 N–H and O–H groups in total. The lowest BCUT2D eigenvalue weighted by Gasteiger charge is -2.29. The highest BCUT2D eigenvalue weighted by Gasteiger charge is 2.37. The first-order chi connectivity index (χ1) is 28.0. The smallest absolute Gasteiger partial charge is 0.0561 e. The fraction of sp³-hybridized carbons (Fsp3) is 0.0909. The molecule has 1 unspecified atom stereocenters. The van der Waals surface area contributed by atoms with Crippen molar-refractivity contribution in [2.45, 2.75) is 25.7 Å². The Kier molecular flexibility index (Phi) is 7.69. The summed E-state index contributed by atoms with van der Waals surface area (Å²) in [7, 11) is 0. The average molecular weight is 731 g/mol. The van der Waals surface area contributed by atoms with Gasteiger partial charge in [-0.05, 0) is 99.5 Å². The Balaban J connectivity index is 1.13. The summed E-state index contributed by atoms with van der Waals surface area (Å²) in [5, 5.41) is 2.49. The fourth-order valence-electron chi connectivity index (χ4n) is 9.72. The van der Waals surface area contributed by atoms with Crippen LogP contribution >= 0.6 is 0 Å². The van der Waals surface area contributed by atoms with Crippen LogP contribution in [0.1, 0.15) is 37.0 Å². The number of hydrogen-bond acceptors (Lipinski definition) is 1. The lowest BCUT2D eigenvalue weighted by Crippen LogP contribution is -2.15. The molecule has 2 heteroatoms. The molecule has 1 heterocycles. The van der Waals surface area contributed by atoms with Crippen LogP contribution in [0.25, 0.3) is 55.3 Å². The predicted molar refractivity (Wildman–Crippen MR) is 241 cm³/mol. The van der Waals surface area contributed by atoms with Crippen LogP contribution in [0.2, 0.25) is 0 Å². The number of benzene rings is 7. The van der Waals surface area contributed by atoms with Gasteiger partial charge in [-0.3, -0.25) is 0 Å². The molecular weight excluding hydrogens is 689 g/mol. The molecule has 0 saturated heterocycles. The number of allylic oxidation sites excluding steroid dienone is 8. The SMILES string of the molecule is CC1(C)c2ccccc2-c2c(-c3ccccc3N(c3ccc(C4=CCC5C=CC=CC5=C4)cc3)c3ccc4c5ccccc5n(-c5ccccc5)c4c3)cccc21. The van der Waals surface area contributed by atoms with E-state index < -0.39 is 0 Å². The van der Waals surface area contributed by atoms with Gasteiger partial charge in [0, 0.05) is 44.7 Å². The van der Waals surface area contributed by atoms with E-state index in [1.807, 2.05) is 0 Å². The zero-order valence-electron chi connectivity index (χ0n) is 32.2. The van der Waals surface area contributed by atoms with Gasteiger partial charge >= 0.3 is 0 Å². The Hall–Kier alpha value is -6.90. The molecule has 0 radical (unpaired) electrons. The molecule has 0 bridgehead atoms. The van der Waals surface area contributed by atoms with Gasteiger partial charge in [-0.15, -0.1) is 0 Å². The number of nitrogens with zero attached hydrogens (tertiary/aromatic N) is 2. The molecule has 0 spiro atoms. The van der Waals surface area contributed by atoms with Crippen molar-refractivity contribution in [3.8, 4) is 27.9 Å². The van der Waals surface area contributed by atoms with E-state index in [0.717, 1.165) is 29.2 Å². The molecule has 57 heavy (non-hydrogen) atoms. The number of rotatable bonds is 6. The van der Waals surface area contributed by atoms with Crippen molar-refractivity contribution in [3.05, 3.63) is 223 Å². The van der Waals surface area contributed by atoms with E-state index >= 15 is 0 Å². The number of aromatic nitrogens is 1. The Bertz CT molecular complexity index is 3000. The highest BCUT2D eigenvalue weighted by molar-refractivity contribution is 6.10. The first-order valence-electron chi connectivity index (χ1n) is 20.1. The normalized spacial score (nSPS) is 16.2. The summed E-state index contributed by atoms with van der Waals surface area (Å²) in [6.07, 6.45) is 14.7. The molecule has 1 atom stereocenters. The number of anilines is 3. The van der Waals surface area contributed by atoms with Gasteiger partial charge in [0.15, 0.2) is 0 Å². The van der Waals surface area contributed by atoms with Gasteiger partial charge in [0.05, 0.1) is 16.7 Å². The molecule has 7 aromatic carbocycles. The monoisotopic (exact) mass is 730 g/mol. The van der Waals surface area contributed by atoms with Gasteiger partial charge in [-0.1, -0.05) is 166 Å². The first kappa shape index (κ1) is 33.4. The lowest BCUT2D eigenvalue weighted by molar-refractivity contribution is 0.660. The third-order valence-electron chi connectivity index (χ3n) is 12.5. The van der Waals surface area contributed by atoms with Crippen LogP contribution in [-0.4, -0.2) is 4.57 Å². The lowest BCUT2D eigenvalue weighted by atomic mass is 9.82. The standard InChI is InChI=1S/C55H42N2/c1-55(2)49-23-11-8-21-48(49)54-47(22-14-24-50(54)55)45-20-10-12-25-51(45)56(42-31-29-38(30-32-42)40-28-27-37-15-6-7-16-39(37)35-40)43-33-34-46-44-19-9-13-26-52(44)57(53(46)36-43)41-17-4-3-5-18-41/h3-26,28-37H,27H2,1-2H3. The van der Waals surface area contributed by atoms with Gasteiger partial charge in [0.1, 0.15) is 0 Å². The quantitative estimate of drug-likeness (QED) is 0.165. The van der Waals surface area contributed by atoms with E-state index in [0.29, 0.717) is 5.92 Å². The van der Waals surface area contributed by atoms with Crippen LogP contribution in [0.5, 0.6) is 0 Å². The van der Waals surface area contributed by atoms with Gasteiger partial charge in [-0.25, -0.2) is 0 Å². The second-order valence-electron chi connectivity index (χ2n) is 16.1. The molecule has 272 valence electrons. The summed E-state index contributed by atoms with van der Waals surface area (Å²) < 4.78 is 2.41. The van der Waals surface area contributed by atoms with E-state index in [1.54, 1.807) is 0 Å². The minimum absolute atomic E-state index is 0.0882. The second kappa shape index (κ2) is 13.1. The highest BCUT2D eigenvalue weighted by Crippen LogP contribution is 2.54. The first-order valence-corrected chi connectivity index (χ1v) is 20.1. The second-order valence-corrected chi connectivity index (χ2v) is 16.1. The molecule has 0 amide bonds. The van der Waals surface area contributed by atoms with E-state index in [2.05, 4.69) is 224 Å². The van der Waals surface area contributed by atoms with E-state index in [9.17, 15) is 0 Å².